The number of aryl methyl sites for hydroxylation is 1. The summed E-state index contributed by atoms with van der Waals surface area (Å²) in [7, 11) is 0. The first-order chi connectivity index (χ1) is 9.13. The van der Waals surface area contributed by atoms with Crippen LogP contribution >= 0.6 is 23.2 Å². The van der Waals surface area contributed by atoms with Gasteiger partial charge in [0.25, 0.3) is 0 Å². The first-order valence-corrected chi connectivity index (χ1v) is 7.12. The van der Waals surface area contributed by atoms with Crippen LogP contribution in [0.1, 0.15) is 24.6 Å². The van der Waals surface area contributed by atoms with E-state index in [1.807, 2.05) is 6.92 Å². The van der Waals surface area contributed by atoms with Gasteiger partial charge < -0.3 is 5.32 Å². The SMILES string of the molecule is CCNc1c2c(nc3cc(Cl)c(F)c(Cl)c13)CCC2. The maximum atomic E-state index is 13.9. The Labute approximate surface area is 120 Å². The molecule has 0 unspecified atom stereocenters. The Hall–Kier alpha value is -1.06. The van der Waals surface area contributed by atoms with Gasteiger partial charge in [-0.3, -0.25) is 4.98 Å². The van der Waals surface area contributed by atoms with Gasteiger partial charge in [0.1, 0.15) is 0 Å². The maximum Gasteiger partial charge on any atom is 0.161 e. The zero-order valence-electron chi connectivity index (χ0n) is 10.5. The van der Waals surface area contributed by atoms with Crippen LogP contribution in [-0.4, -0.2) is 11.5 Å². The van der Waals surface area contributed by atoms with Gasteiger partial charge in [0.15, 0.2) is 5.82 Å². The molecule has 0 amide bonds. The minimum Gasteiger partial charge on any atom is -0.384 e. The van der Waals surface area contributed by atoms with E-state index < -0.39 is 5.82 Å². The van der Waals surface area contributed by atoms with Crippen LogP contribution in [-0.2, 0) is 12.8 Å². The number of nitrogens with zero attached hydrogens (tertiary/aromatic N) is 1. The van der Waals surface area contributed by atoms with Crippen LogP contribution in [0.15, 0.2) is 6.07 Å². The summed E-state index contributed by atoms with van der Waals surface area (Å²) in [5.74, 6) is -0.574. The smallest absolute Gasteiger partial charge is 0.161 e. The number of rotatable bonds is 2. The van der Waals surface area contributed by atoms with Crippen molar-refractivity contribution >= 4 is 39.8 Å². The van der Waals surface area contributed by atoms with Gasteiger partial charge in [-0.15, -0.1) is 0 Å². The Balaban J connectivity index is 2.42. The van der Waals surface area contributed by atoms with Gasteiger partial charge in [-0.25, -0.2) is 4.39 Å². The number of fused-ring (bicyclic) bond motifs is 2. The fourth-order valence-corrected chi connectivity index (χ4v) is 3.24. The lowest BCUT2D eigenvalue weighted by Gasteiger charge is -2.15. The molecular formula is C14H13Cl2FN2. The molecule has 0 atom stereocenters. The molecule has 0 saturated carbocycles. The zero-order chi connectivity index (χ0) is 13.6. The van der Waals surface area contributed by atoms with Crippen LogP contribution in [0, 0.1) is 5.82 Å². The van der Waals surface area contributed by atoms with E-state index in [9.17, 15) is 4.39 Å². The van der Waals surface area contributed by atoms with Crippen molar-refractivity contribution in [1.82, 2.24) is 4.98 Å². The summed E-state index contributed by atoms with van der Waals surface area (Å²) in [5.41, 5.74) is 3.81. The van der Waals surface area contributed by atoms with Gasteiger partial charge in [-0.05, 0) is 37.8 Å². The third-order valence-electron chi connectivity index (χ3n) is 3.49. The van der Waals surface area contributed by atoms with E-state index in [1.165, 1.54) is 0 Å². The third kappa shape index (κ3) is 1.96. The van der Waals surface area contributed by atoms with Gasteiger partial charge in [0.2, 0.25) is 0 Å². The largest absolute Gasteiger partial charge is 0.384 e. The fourth-order valence-electron chi connectivity index (χ4n) is 2.70. The number of anilines is 1. The van der Waals surface area contributed by atoms with Crippen LogP contribution < -0.4 is 5.32 Å². The maximum absolute atomic E-state index is 13.9. The van der Waals surface area contributed by atoms with E-state index in [-0.39, 0.29) is 10.0 Å². The van der Waals surface area contributed by atoms with Crippen molar-refractivity contribution in [3.63, 3.8) is 0 Å². The first-order valence-electron chi connectivity index (χ1n) is 6.36. The topological polar surface area (TPSA) is 24.9 Å². The van der Waals surface area contributed by atoms with Crippen LogP contribution in [0.3, 0.4) is 0 Å². The molecule has 0 radical (unpaired) electrons. The summed E-state index contributed by atoms with van der Waals surface area (Å²) in [6.45, 7) is 2.76. The number of nitrogens with one attached hydrogen (secondary N) is 1. The summed E-state index contributed by atoms with van der Waals surface area (Å²) >= 11 is 12.0. The van der Waals surface area contributed by atoms with Crippen molar-refractivity contribution in [3.8, 4) is 0 Å². The molecule has 1 aliphatic carbocycles. The molecule has 100 valence electrons. The van der Waals surface area contributed by atoms with Crippen LogP contribution in [0.5, 0.6) is 0 Å². The van der Waals surface area contributed by atoms with Crippen molar-refractivity contribution in [2.24, 2.45) is 0 Å². The van der Waals surface area contributed by atoms with E-state index in [2.05, 4.69) is 10.3 Å². The second kappa shape index (κ2) is 4.80. The Bertz CT molecular complexity index is 671. The van der Waals surface area contributed by atoms with Crippen LogP contribution in [0.2, 0.25) is 10.0 Å². The number of hydrogen-bond donors (Lipinski definition) is 1. The highest BCUT2D eigenvalue weighted by Crippen LogP contribution is 2.40. The number of hydrogen-bond acceptors (Lipinski definition) is 2. The molecule has 0 aliphatic heterocycles. The van der Waals surface area contributed by atoms with Crippen LogP contribution in [0.4, 0.5) is 10.1 Å². The lowest BCUT2D eigenvalue weighted by atomic mass is 10.1. The average Bonchev–Trinajstić information content (AvgIpc) is 2.84. The van der Waals surface area contributed by atoms with E-state index in [0.717, 1.165) is 42.8 Å². The van der Waals surface area contributed by atoms with Gasteiger partial charge in [-0.1, -0.05) is 23.2 Å². The molecule has 5 heteroatoms. The lowest BCUT2D eigenvalue weighted by Crippen LogP contribution is -2.04. The molecule has 2 aromatic rings. The van der Waals surface area contributed by atoms with Crippen molar-refractivity contribution in [1.29, 1.82) is 0 Å². The Morgan fingerprint density at radius 1 is 1.37 bits per heavy atom. The molecule has 1 N–H and O–H groups in total. The minimum absolute atomic E-state index is 0.0189. The molecular weight excluding hydrogens is 286 g/mol. The third-order valence-corrected chi connectivity index (χ3v) is 4.12. The van der Waals surface area contributed by atoms with E-state index in [4.69, 9.17) is 23.2 Å². The van der Waals surface area contributed by atoms with Crippen molar-refractivity contribution in [2.75, 3.05) is 11.9 Å². The molecule has 0 saturated heterocycles. The molecule has 0 fully saturated rings. The normalized spacial score (nSPS) is 13.9. The molecule has 3 rings (SSSR count). The fraction of sp³-hybridized carbons (Fsp3) is 0.357. The van der Waals surface area contributed by atoms with Gasteiger partial charge in [0, 0.05) is 17.6 Å². The highest BCUT2D eigenvalue weighted by atomic mass is 35.5. The average molecular weight is 299 g/mol. The predicted molar refractivity (Wildman–Crippen MR) is 77.9 cm³/mol. The Morgan fingerprint density at radius 3 is 2.89 bits per heavy atom. The van der Waals surface area contributed by atoms with Crippen LogP contribution in [0.25, 0.3) is 10.9 Å². The summed E-state index contributed by atoms with van der Waals surface area (Å²) < 4.78 is 13.9. The van der Waals surface area contributed by atoms with Gasteiger partial charge >= 0.3 is 0 Å². The zero-order valence-corrected chi connectivity index (χ0v) is 12.0. The summed E-state index contributed by atoms with van der Waals surface area (Å²) in [6, 6.07) is 1.55. The quantitative estimate of drug-likeness (QED) is 0.820. The van der Waals surface area contributed by atoms with E-state index in [1.54, 1.807) is 6.07 Å². The highest BCUT2D eigenvalue weighted by Gasteiger charge is 2.23. The molecule has 0 bridgehead atoms. The molecule has 0 spiro atoms. The van der Waals surface area contributed by atoms with Crippen molar-refractivity contribution < 1.29 is 4.39 Å². The van der Waals surface area contributed by atoms with E-state index in [0.29, 0.717) is 10.9 Å². The predicted octanol–water partition coefficient (Wildman–Crippen LogP) is 4.60. The molecule has 2 nitrogen and oxygen atoms in total. The van der Waals surface area contributed by atoms with Crippen molar-refractivity contribution in [3.05, 3.63) is 33.2 Å². The number of aromatic nitrogens is 1. The Morgan fingerprint density at radius 2 is 2.16 bits per heavy atom. The minimum atomic E-state index is -0.574. The number of benzene rings is 1. The van der Waals surface area contributed by atoms with Crippen molar-refractivity contribution in [2.45, 2.75) is 26.2 Å². The second-order valence-electron chi connectivity index (χ2n) is 4.68. The standard InChI is InChI=1S/C14H13Cl2FN2/c1-2-18-14-7-4-3-5-9(7)19-10-6-8(15)13(17)12(16)11(10)14/h6H,2-5H2,1H3,(H,18,19). The van der Waals surface area contributed by atoms with E-state index >= 15 is 0 Å². The summed E-state index contributed by atoms with van der Waals surface area (Å²) in [6.07, 6.45) is 2.99. The molecule has 1 heterocycles. The molecule has 19 heavy (non-hydrogen) atoms. The highest BCUT2D eigenvalue weighted by molar-refractivity contribution is 6.39. The first kappa shape index (κ1) is 12.9. The lowest BCUT2D eigenvalue weighted by molar-refractivity contribution is 0.630. The van der Waals surface area contributed by atoms with Gasteiger partial charge in [0.05, 0.1) is 21.2 Å². The summed E-state index contributed by atoms with van der Waals surface area (Å²) in [4.78, 5) is 4.59. The monoisotopic (exact) mass is 298 g/mol. The number of halogens is 3. The van der Waals surface area contributed by atoms with Gasteiger partial charge in [-0.2, -0.15) is 0 Å². The molecule has 1 aromatic heterocycles. The number of pyridine rings is 1. The summed E-state index contributed by atoms with van der Waals surface area (Å²) in [5, 5.41) is 4.02. The Kier molecular flexibility index (Phi) is 3.27. The molecule has 1 aliphatic rings. The molecule has 1 aromatic carbocycles. The second-order valence-corrected chi connectivity index (χ2v) is 5.46.